The molecule has 2 aromatic carbocycles. The van der Waals surface area contributed by atoms with Gasteiger partial charge in [0, 0.05) is 19.6 Å². The topological polar surface area (TPSA) is 24.9 Å². The van der Waals surface area contributed by atoms with Crippen molar-refractivity contribution in [3.63, 3.8) is 0 Å². The predicted octanol–water partition coefficient (Wildman–Crippen LogP) is 4.19. The second-order valence-corrected chi connectivity index (χ2v) is 8.44. The van der Waals surface area contributed by atoms with E-state index in [2.05, 4.69) is 52.3 Å². The summed E-state index contributed by atoms with van der Waals surface area (Å²) in [5.41, 5.74) is 3.26. The second kappa shape index (κ2) is 8.54. The number of rotatable bonds is 6. The maximum atomic E-state index is 5.36. The summed E-state index contributed by atoms with van der Waals surface area (Å²) in [6.45, 7) is 6.96. The van der Waals surface area contributed by atoms with Crippen molar-refractivity contribution in [1.29, 1.82) is 0 Å². The van der Waals surface area contributed by atoms with Gasteiger partial charge in [0.15, 0.2) is 0 Å². The largest absolute Gasteiger partial charge is 0.497 e. The Bertz CT molecular complexity index is 766. The molecular formula is C24H32N2O2. The highest BCUT2D eigenvalue weighted by Crippen LogP contribution is 2.41. The first-order chi connectivity index (χ1) is 13.7. The smallest absolute Gasteiger partial charge is 0.119 e. The van der Waals surface area contributed by atoms with Gasteiger partial charge in [-0.1, -0.05) is 24.3 Å². The molecule has 4 heteroatoms. The molecule has 0 atom stereocenters. The van der Waals surface area contributed by atoms with Crippen molar-refractivity contribution in [2.24, 2.45) is 5.41 Å². The third kappa shape index (κ3) is 4.50. The quantitative estimate of drug-likeness (QED) is 0.750. The average Bonchev–Trinajstić information content (AvgIpc) is 3.13. The molecule has 150 valence electrons. The van der Waals surface area contributed by atoms with Crippen molar-refractivity contribution in [2.75, 3.05) is 40.4 Å². The zero-order valence-corrected chi connectivity index (χ0v) is 17.2. The summed E-state index contributed by atoms with van der Waals surface area (Å²) in [6.07, 6.45) is 3.97. The second-order valence-electron chi connectivity index (χ2n) is 8.44. The van der Waals surface area contributed by atoms with E-state index in [1.807, 2.05) is 6.07 Å². The van der Waals surface area contributed by atoms with Crippen LogP contribution in [0, 0.1) is 5.41 Å². The van der Waals surface area contributed by atoms with Crippen LogP contribution in [0.4, 0.5) is 0 Å². The van der Waals surface area contributed by atoms with Gasteiger partial charge < -0.3 is 9.47 Å². The van der Waals surface area contributed by atoms with Crippen LogP contribution in [0.1, 0.15) is 30.4 Å². The first-order valence-electron chi connectivity index (χ1n) is 10.4. The molecule has 2 saturated heterocycles. The van der Waals surface area contributed by atoms with Gasteiger partial charge in [-0.3, -0.25) is 9.80 Å². The number of benzene rings is 2. The maximum Gasteiger partial charge on any atom is 0.119 e. The van der Waals surface area contributed by atoms with Crippen molar-refractivity contribution in [3.05, 3.63) is 59.7 Å². The van der Waals surface area contributed by atoms with Crippen LogP contribution >= 0.6 is 0 Å². The Labute approximate surface area is 169 Å². The van der Waals surface area contributed by atoms with Crippen molar-refractivity contribution < 1.29 is 9.47 Å². The summed E-state index contributed by atoms with van der Waals surface area (Å²) in [5, 5.41) is 0. The van der Waals surface area contributed by atoms with E-state index in [1.54, 1.807) is 14.2 Å². The molecule has 4 nitrogen and oxygen atoms in total. The summed E-state index contributed by atoms with van der Waals surface area (Å²) in [7, 11) is 3.46. The lowest BCUT2D eigenvalue weighted by Gasteiger charge is -2.39. The van der Waals surface area contributed by atoms with E-state index in [9.17, 15) is 0 Å². The Morgan fingerprint density at radius 3 is 2.07 bits per heavy atom. The normalized spacial score (nSPS) is 19.8. The van der Waals surface area contributed by atoms with E-state index in [0.29, 0.717) is 5.41 Å². The highest BCUT2D eigenvalue weighted by Gasteiger charge is 2.40. The predicted molar refractivity (Wildman–Crippen MR) is 113 cm³/mol. The Morgan fingerprint density at radius 2 is 1.39 bits per heavy atom. The lowest BCUT2D eigenvalue weighted by molar-refractivity contribution is 0.102. The van der Waals surface area contributed by atoms with Crippen LogP contribution in [0.25, 0.3) is 0 Å². The van der Waals surface area contributed by atoms with Crippen molar-refractivity contribution in [3.8, 4) is 11.5 Å². The van der Waals surface area contributed by atoms with Gasteiger partial charge in [-0.25, -0.2) is 0 Å². The summed E-state index contributed by atoms with van der Waals surface area (Å²) < 4.78 is 10.6. The van der Waals surface area contributed by atoms with Crippen molar-refractivity contribution >= 4 is 0 Å². The molecule has 0 amide bonds. The van der Waals surface area contributed by atoms with E-state index < -0.39 is 0 Å². The molecule has 2 fully saturated rings. The van der Waals surface area contributed by atoms with Gasteiger partial charge >= 0.3 is 0 Å². The molecule has 2 heterocycles. The Kier molecular flexibility index (Phi) is 5.88. The lowest BCUT2D eigenvalue weighted by Crippen LogP contribution is -2.41. The van der Waals surface area contributed by atoms with Gasteiger partial charge in [0.1, 0.15) is 11.5 Å². The van der Waals surface area contributed by atoms with E-state index in [1.165, 1.54) is 56.6 Å². The minimum atomic E-state index is 0.525. The molecular weight excluding hydrogens is 348 g/mol. The summed E-state index contributed by atoms with van der Waals surface area (Å²) in [5.74, 6) is 1.89. The number of hydrogen-bond donors (Lipinski definition) is 0. The lowest BCUT2D eigenvalue weighted by atomic mass is 9.77. The van der Waals surface area contributed by atoms with Crippen LogP contribution in [0.15, 0.2) is 48.5 Å². The monoisotopic (exact) mass is 380 g/mol. The van der Waals surface area contributed by atoms with Crippen molar-refractivity contribution in [2.45, 2.75) is 32.4 Å². The van der Waals surface area contributed by atoms with Crippen LogP contribution in [-0.4, -0.2) is 50.2 Å². The Balaban J connectivity index is 1.28. The molecule has 0 aromatic heterocycles. The van der Waals surface area contributed by atoms with Gasteiger partial charge in [0.05, 0.1) is 14.2 Å². The van der Waals surface area contributed by atoms with E-state index in [-0.39, 0.29) is 0 Å². The fourth-order valence-corrected chi connectivity index (χ4v) is 4.77. The fraction of sp³-hybridized carbons (Fsp3) is 0.500. The number of ether oxygens (including phenoxy) is 2. The van der Waals surface area contributed by atoms with Crippen LogP contribution < -0.4 is 9.47 Å². The SMILES string of the molecule is COc1ccc(CN2CCC3(CCN(Cc4cccc(OC)c4)CC3)C2)cc1. The van der Waals surface area contributed by atoms with E-state index in [4.69, 9.17) is 9.47 Å². The molecule has 2 aliphatic rings. The van der Waals surface area contributed by atoms with Crippen LogP contribution in [-0.2, 0) is 13.1 Å². The third-order valence-corrected chi connectivity index (χ3v) is 6.54. The zero-order chi connectivity index (χ0) is 19.4. The van der Waals surface area contributed by atoms with Gasteiger partial charge in [0.2, 0.25) is 0 Å². The number of methoxy groups -OCH3 is 2. The van der Waals surface area contributed by atoms with Crippen LogP contribution in [0.2, 0.25) is 0 Å². The molecule has 28 heavy (non-hydrogen) atoms. The molecule has 0 bridgehead atoms. The molecule has 1 spiro atoms. The number of likely N-dealkylation sites (tertiary alicyclic amines) is 2. The Hall–Kier alpha value is -2.04. The maximum absolute atomic E-state index is 5.36. The molecule has 0 saturated carbocycles. The Morgan fingerprint density at radius 1 is 0.750 bits per heavy atom. The highest BCUT2D eigenvalue weighted by atomic mass is 16.5. The summed E-state index contributed by atoms with van der Waals surface area (Å²) in [4.78, 5) is 5.24. The molecule has 2 aliphatic heterocycles. The van der Waals surface area contributed by atoms with Crippen LogP contribution in [0.5, 0.6) is 11.5 Å². The molecule has 0 radical (unpaired) electrons. The van der Waals surface area contributed by atoms with Gasteiger partial charge in [-0.2, -0.15) is 0 Å². The molecule has 0 aliphatic carbocycles. The first-order valence-corrected chi connectivity index (χ1v) is 10.4. The minimum Gasteiger partial charge on any atom is -0.497 e. The summed E-state index contributed by atoms with van der Waals surface area (Å²) >= 11 is 0. The molecule has 4 rings (SSSR count). The van der Waals surface area contributed by atoms with Gasteiger partial charge in [-0.15, -0.1) is 0 Å². The van der Waals surface area contributed by atoms with Crippen molar-refractivity contribution in [1.82, 2.24) is 9.80 Å². The summed E-state index contributed by atoms with van der Waals surface area (Å²) in [6, 6.07) is 17.0. The third-order valence-electron chi connectivity index (χ3n) is 6.54. The minimum absolute atomic E-state index is 0.525. The average molecular weight is 381 g/mol. The van der Waals surface area contributed by atoms with Gasteiger partial charge in [0.25, 0.3) is 0 Å². The molecule has 0 unspecified atom stereocenters. The van der Waals surface area contributed by atoms with E-state index in [0.717, 1.165) is 24.6 Å². The number of hydrogen-bond acceptors (Lipinski definition) is 4. The van der Waals surface area contributed by atoms with E-state index >= 15 is 0 Å². The fourth-order valence-electron chi connectivity index (χ4n) is 4.77. The highest BCUT2D eigenvalue weighted by molar-refractivity contribution is 5.28. The molecule has 0 N–H and O–H groups in total. The van der Waals surface area contributed by atoms with Gasteiger partial charge in [-0.05, 0) is 79.7 Å². The van der Waals surface area contributed by atoms with Crippen LogP contribution in [0.3, 0.4) is 0 Å². The zero-order valence-electron chi connectivity index (χ0n) is 17.2. The standard InChI is InChI=1S/C24H32N2O2/c1-27-22-8-6-20(7-9-22)17-26-15-12-24(19-26)10-13-25(14-11-24)18-21-4-3-5-23(16-21)28-2/h3-9,16H,10-15,17-19H2,1-2H3. The molecule has 2 aromatic rings. The first kappa shape index (κ1) is 19.3. The number of piperidine rings is 1. The number of nitrogens with zero attached hydrogens (tertiary/aromatic N) is 2.